The van der Waals surface area contributed by atoms with E-state index in [2.05, 4.69) is 6.58 Å². The molecular weight excluding hydrogens is 448 g/mol. The smallest absolute Gasteiger partial charge is 0.258 e. The first-order valence-corrected chi connectivity index (χ1v) is 12.2. The van der Waals surface area contributed by atoms with Gasteiger partial charge in [0.05, 0.1) is 18.0 Å². The largest absolute Gasteiger partial charge is 0.493 e. The first kappa shape index (κ1) is 23.7. The molecule has 2 aromatic carbocycles. The van der Waals surface area contributed by atoms with E-state index in [0.717, 1.165) is 14.7 Å². The molecule has 168 valence electrons. The standard InChI is InChI=1S/C23H24N2O5S2/c1-2-3-14-30-20-10-12-21(13-11-20)32(28,29)25(17-23(26)24-27)16-18-6-8-19(9-7-18)22-5-4-15-31-22/h2,4-13,15,27H,1,3,14,16-17H2,(H,24,26). The van der Waals surface area contributed by atoms with E-state index in [1.807, 2.05) is 41.8 Å². The predicted molar refractivity (Wildman–Crippen MR) is 124 cm³/mol. The topological polar surface area (TPSA) is 95.9 Å². The molecular formula is C23H24N2O5S2. The van der Waals surface area contributed by atoms with Crippen molar-refractivity contribution in [2.75, 3.05) is 13.2 Å². The van der Waals surface area contributed by atoms with Gasteiger partial charge in [0, 0.05) is 11.4 Å². The number of nitrogens with zero attached hydrogens (tertiary/aromatic N) is 1. The van der Waals surface area contributed by atoms with Gasteiger partial charge in [-0.05, 0) is 53.3 Å². The van der Waals surface area contributed by atoms with Crippen LogP contribution in [-0.4, -0.2) is 37.0 Å². The van der Waals surface area contributed by atoms with Gasteiger partial charge >= 0.3 is 0 Å². The maximum Gasteiger partial charge on any atom is 0.258 e. The second-order valence-corrected chi connectivity index (χ2v) is 9.77. The van der Waals surface area contributed by atoms with Crippen LogP contribution in [-0.2, 0) is 21.4 Å². The summed E-state index contributed by atoms with van der Waals surface area (Å²) in [5.74, 6) is -0.289. The maximum absolute atomic E-state index is 13.2. The third-order valence-electron chi connectivity index (χ3n) is 4.62. The number of rotatable bonds is 11. The minimum absolute atomic E-state index is 0.0227. The van der Waals surface area contributed by atoms with E-state index in [9.17, 15) is 13.2 Å². The molecule has 32 heavy (non-hydrogen) atoms. The van der Waals surface area contributed by atoms with Crippen LogP contribution in [0.2, 0.25) is 0 Å². The molecule has 0 aliphatic carbocycles. The van der Waals surface area contributed by atoms with Crippen LogP contribution < -0.4 is 10.2 Å². The monoisotopic (exact) mass is 472 g/mol. The molecule has 0 atom stereocenters. The highest BCUT2D eigenvalue weighted by atomic mass is 32.2. The fraction of sp³-hybridized carbons (Fsp3) is 0.174. The molecule has 0 unspecified atom stereocenters. The lowest BCUT2D eigenvalue weighted by Crippen LogP contribution is -2.39. The third kappa shape index (κ3) is 6.04. The van der Waals surface area contributed by atoms with Crippen molar-refractivity contribution in [2.45, 2.75) is 17.9 Å². The number of carbonyl (C=O) groups excluding carboxylic acids is 1. The number of hydrogen-bond donors (Lipinski definition) is 2. The normalized spacial score (nSPS) is 11.3. The van der Waals surface area contributed by atoms with Gasteiger partial charge in [-0.15, -0.1) is 17.9 Å². The zero-order valence-electron chi connectivity index (χ0n) is 17.3. The van der Waals surface area contributed by atoms with E-state index in [1.54, 1.807) is 29.5 Å². The van der Waals surface area contributed by atoms with Gasteiger partial charge in [-0.1, -0.05) is 36.4 Å². The number of thiophene rings is 1. The summed E-state index contributed by atoms with van der Waals surface area (Å²) in [4.78, 5) is 12.9. The zero-order chi connectivity index (χ0) is 23.0. The highest BCUT2D eigenvalue weighted by molar-refractivity contribution is 7.89. The Bertz CT molecular complexity index is 1130. The number of benzene rings is 2. The maximum atomic E-state index is 13.2. The SMILES string of the molecule is C=CCCOc1ccc(S(=O)(=O)N(CC(=O)NO)Cc2ccc(-c3cccs3)cc2)cc1. The van der Waals surface area contributed by atoms with Crippen LogP contribution in [0.25, 0.3) is 10.4 Å². The minimum atomic E-state index is -4.01. The number of amides is 1. The van der Waals surface area contributed by atoms with E-state index in [4.69, 9.17) is 9.94 Å². The van der Waals surface area contributed by atoms with Gasteiger partial charge in [-0.2, -0.15) is 4.31 Å². The lowest BCUT2D eigenvalue weighted by molar-refractivity contribution is -0.129. The van der Waals surface area contributed by atoms with E-state index >= 15 is 0 Å². The molecule has 7 nitrogen and oxygen atoms in total. The summed E-state index contributed by atoms with van der Waals surface area (Å²) < 4.78 is 33.0. The zero-order valence-corrected chi connectivity index (χ0v) is 18.9. The van der Waals surface area contributed by atoms with Gasteiger partial charge in [-0.25, -0.2) is 13.9 Å². The molecule has 1 amide bonds. The van der Waals surface area contributed by atoms with Crippen LogP contribution in [0.3, 0.4) is 0 Å². The second kappa shape index (κ2) is 11.1. The second-order valence-electron chi connectivity index (χ2n) is 6.88. The van der Waals surface area contributed by atoms with Gasteiger partial charge < -0.3 is 4.74 Å². The molecule has 0 saturated heterocycles. The lowest BCUT2D eigenvalue weighted by atomic mass is 10.1. The lowest BCUT2D eigenvalue weighted by Gasteiger charge is -2.21. The van der Waals surface area contributed by atoms with Crippen LogP contribution in [0.1, 0.15) is 12.0 Å². The first-order chi connectivity index (χ1) is 15.4. The molecule has 0 aliphatic rings. The molecule has 3 aromatic rings. The minimum Gasteiger partial charge on any atom is -0.493 e. The Labute approximate surface area is 191 Å². The summed E-state index contributed by atoms with van der Waals surface area (Å²) >= 11 is 1.61. The highest BCUT2D eigenvalue weighted by Crippen LogP contribution is 2.26. The predicted octanol–water partition coefficient (Wildman–Crippen LogP) is 4.07. The molecule has 0 bridgehead atoms. The van der Waals surface area contributed by atoms with Crippen molar-refractivity contribution >= 4 is 27.3 Å². The number of carbonyl (C=O) groups is 1. The van der Waals surface area contributed by atoms with Gasteiger partial charge in [0.1, 0.15) is 5.75 Å². The van der Waals surface area contributed by atoms with Gasteiger partial charge in [0.15, 0.2) is 0 Å². The molecule has 0 radical (unpaired) electrons. The Balaban J connectivity index is 1.80. The number of sulfonamides is 1. The van der Waals surface area contributed by atoms with Crippen LogP contribution in [0.5, 0.6) is 5.75 Å². The van der Waals surface area contributed by atoms with Crippen LogP contribution >= 0.6 is 11.3 Å². The Hall–Kier alpha value is -2.98. The van der Waals surface area contributed by atoms with Crippen molar-refractivity contribution in [1.82, 2.24) is 9.79 Å². The molecule has 9 heteroatoms. The van der Waals surface area contributed by atoms with Crippen molar-refractivity contribution in [3.63, 3.8) is 0 Å². The van der Waals surface area contributed by atoms with Crippen molar-refractivity contribution in [1.29, 1.82) is 0 Å². The molecule has 2 N–H and O–H groups in total. The van der Waals surface area contributed by atoms with Gasteiger partial charge in [0.25, 0.3) is 5.91 Å². The van der Waals surface area contributed by atoms with Crippen molar-refractivity contribution in [3.8, 4) is 16.2 Å². The third-order valence-corrected chi connectivity index (χ3v) is 7.34. The Morgan fingerprint density at radius 2 is 1.84 bits per heavy atom. The molecule has 1 aromatic heterocycles. The van der Waals surface area contributed by atoms with E-state index in [1.165, 1.54) is 17.6 Å². The summed E-state index contributed by atoms with van der Waals surface area (Å²) in [5, 5.41) is 10.9. The fourth-order valence-electron chi connectivity index (χ4n) is 2.96. The highest BCUT2D eigenvalue weighted by Gasteiger charge is 2.27. The Morgan fingerprint density at radius 1 is 1.12 bits per heavy atom. The van der Waals surface area contributed by atoms with Crippen LogP contribution in [0.15, 0.2) is 83.6 Å². The van der Waals surface area contributed by atoms with Gasteiger partial charge in [-0.3, -0.25) is 10.0 Å². The van der Waals surface area contributed by atoms with Crippen LogP contribution in [0, 0.1) is 0 Å². The molecule has 3 rings (SSSR count). The number of nitrogens with one attached hydrogen (secondary N) is 1. The molecule has 1 heterocycles. The summed E-state index contributed by atoms with van der Waals surface area (Å²) in [6, 6.07) is 17.4. The van der Waals surface area contributed by atoms with Crippen molar-refractivity contribution < 1.29 is 23.2 Å². The summed E-state index contributed by atoms with van der Waals surface area (Å²) in [5.41, 5.74) is 3.24. The number of hydrogen-bond acceptors (Lipinski definition) is 6. The van der Waals surface area contributed by atoms with Crippen molar-refractivity contribution in [3.05, 3.63) is 84.3 Å². The van der Waals surface area contributed by atoms with E-state index in [0.29, 0.717) is 24.3 Å². The molecule has 0 spiro atoms. The van der Waals surface area contributed by atoms with Crippen molar-refractivity contribution in [2.24, 2.45) is 0 Å². The van der Waals surface area contributed by atoms with E-state index < -0.39 is 22.5 Å². The number of hydroxylamine groups is 1. The van der Waals surface area contributed by atoms with Gasteiger partial charge in [0.2, 0.25) is 10.0 Å². The van der Waals surface area contributed by atoms with Crippen LogP contribution in [0.4, 0.5) is 0 Å². The summed E-state index contributed by atoms with van der Waals surface area (Å²) in [6.07, 6.45) is 2.41. The Kier molecular flexibility index (Phi) is 8.18. The molecule has 0 fully saturated rings. The molecule has 0 saturated carbocycles. The number of ether oxygens (including phenoxy) is 1. The average molecular weight is 473 g/mol. The van der Waals surface area contributed by atoms with E-state index in [-0.39, 0.29) is 11.4 Å². The first-order valence-electron chi connectivity index (χ1n) is 9.83. The average Bonchev–Trinajstić information content (AvgIpc) is 3.34. The quantitative estimate of drug-likeness (QED) is 0.190. The summed E-state index contributed by atoms with van der Waals surface area (Å²) in [6.45, 7) is 3.52. The molecule has 0 aliphatic heterocycles. The fourth-order valence-corrected chi connectivity index (χ4v) is 5.08. The summed E-state index contributed by atoms with van der Waals surface area (Å²) in [7, 11) is -4.01. The Morgan fingerprint density at radius 3 is 2.44 bits per heavy atom.